The second-order valence-corrected chi connectivity index (χ2v) is 13.8. The van der Waals surface area contributed by atoms with Crippen LogP contribution in [0, 0.1) is 0 Å². The van der Waals surface area contributed by atoms with Gasteiger partial charge in [-0.25, -0.2) is 9.59 Å². The molecule has 0 aliphatic carbocycles. The Morgan fingerprint density at radius 1 is 0.750 bits per heavy atom. The number of hydrogen-bond acceptors (Lipinski definition) is 7. The van der Waals surface area contributed by atoms with Crippen LogP contribution in [0.25, 0.3) is 0 Å². The molecule has 1 unspecified atom stereocenters. The first kappa shape index (κ1) is 37.1. The largest absolute Gasteiger partial charge is 0.462 e. The van der Waals surface area contributed by atoms with Crippen molar-refractivity contribution in [2.45, 2.75) is 51.0 Å². The van der Waals surface area contributed by atoms with E-state index in [0.29, 0.717) is 46.2 Å². The van der Waals surface area contributed by atoms with E-state index in [9.17, 15) is 9.59 Å². The summed E-state index contributed by atoms with van der Waals surface area (Å²) in [4.78, 5) is 30.9. The lowest BCUT2D eigenvalue weighted by Crippen LogP contribution is -2.36. The lowest BCUT2D eigenvalue weighted by Gasteiger charge is -2.32. The number of rotatable bonds is 15. The first-order valence-corrected chi connectivity index (χ1v) is 18.6. The summed E-state index contributed by atoms with van der Waals surface area (Å²) in [7, 11) is 0. The van der Waals surface area contributed by atoms with Gasteiger partial charge < -0.3 is 24.4 Å². The standard InChI is InChI=1S/C44H47ClN2O5/c1-32-40(43(48)51-27-23-38(34-17-8-3-9-18-34)35-19-10-4-11-20-35)41(36-21-14-22-37(45)29-36)42(44(49)52-30-33-15-6-2-7-16-33)39(46-32)31-50-28-26-47-24-12-5-13-25-47/h2-4,6-11,14-22,29,38,41,46H,5,12-13,23-28,30-31H2,1H3. The second kappa shape index (κ2) is 18.7. The van der Waals surface area contributed by atoms with Gasteiger partial charge in [-0.2, -0.15) is 0 Å². The molecule has 0 aromatic heterocycles. The van der Waals surface area contributed by atoms with E-state index >= 15 is 0 Å². The molecule has 0 spiro atoms. The van der Waals surface area contributed by atoms with Crippen molar-refractivity contribution in [1.82, 2.24) is 10.2 Å². The van der Waals surface area contributed by atoms with Crippen molar-refractivity contribution in [3.8, 4) is 0 Å². The highest BCUT2D eigenvalue weighted by molar-refractivity contribution is 6.30. The Morgan fingerprint density at radius 3 is 2.04 bits per heavy atom. The Morgan fingerprint density at radius 2 is 1.38 bits per heavy atom. The molecular formula is C44H47ClN2O5. The fourth-order valence-corrected chi connectivity index (χ4v) is 7.34. The number of dihydropyridines is 1. The maximum atomic E-state index is 14.3. The van der Waals surface area contributed by atoms with Gasteiger partial charge in [-0.1, -0.05) is 121 Å². The topological polar surface area (TPSA) is 77.1 Å². The van der Waals surface area contributed by atoms with Gasteiger partial charge in [0, 0.05) is 23.2 Å². The van der Waals surface area contributed by atoms with Crippen molar-refractivity contribution in [1.29, 1.82) is 0 Å². The van der Waals surface area contributed by atoms with Crippen LogP contribution in [-0.2, 0) is 30.4 Å². The number of allylic oxidation sites excluding steroid dienone is 1. The van der Waals surface area contributed by atoms with Gasteiger partial charge in [-0.15, -0.1) is 0 Å². The molecule has 0 saturated carbocycles. The highest BCUT2D eigenvalue weighted by Gasteiger charge is 2.39. The fourth-order valence-electron chi connectivity index (χ4n) is 7.14. The van der Waals surface area contributed by atoms with Gasteiger partial charge in [0.1, 0.15) is 6.61 Å². The number of esters is 2. The monoisotopic (exact) mass is 718 g/mol. The van der Waals surface area contributed by atoms with Crippen LogP contribution in [-0.4, -0.2) is 56.3 Å². The molecule has 4 aromatic rings. The summed E-state index contributed by atoms with van der Waals surface area (Å²) in [5.74, 6) is -1.80. The number of benzene rings is 4. The smallest absolute Gasteiger partial charge is 0.337 e. The van der Waals surface area contributed by atoms with Crippen molar-refractivity contribution < 1.29 is 23.8 Å². The van der Waals surface area contributed by atoms with E-state index in [1.54, 1.807) is 12.1 Å². The van der Waals surface area contributed by atoms with Crippen LogP contribution in [0.3, 0.4) is 0 Å². The van der Waals surface area contributed by atoms with Gasteiger partial charge in [0.05, 0.1) is 42.6 Å². The number of hydrogen-bond donors (Lipinski definition) is 1. The molecule has 1 saturated heterocycles. The molecule has 52 heavy (non-hydrogen) atoms. The van der Waals surface area contributed by atoms with Gasteiger partial charge in [0.2, 0.25) is 0 Å². The second-order valence-electron chi connectivity index (χ2n) is 13.4. The summed E-state index contributed by atoms with van der Waals surface area (Å²) < 4.78 is 18.2. The fraction of sp³-hybridized carbons (Fsp3) is 0.318. The Bertz CT molecular complexity index is 1800. The Labute approximate surface area is 312 Å². The molecule has 0 amide bonds. The Kier molecular flexibility index (Phi) is 13.3. The summed E-state index contributed by atoms with van der Waals surface area (Å²) in [5.41, 5.74) is 5.62. The van der Waals surface area contributed by atoms with Gasteiger partial charge in [0.25, 0.3) is 0 Å². The van der Waals surface area contributed by atoms with Crippen molar-refractivity contribution in [3.05, 3.63) is 165 Å². The molecule has 1 N–H and O–H groups in total. The number of nitrogens with one attached hydrogen (secondary N) is 1. The molecule has 6 rings (SSSR count). The minimum absolute atomic E-state index is 0.0376. The predicted octanol–water partition coefficient (Wildman–Crippen LogP) is 8.57. The Balaban J connectivity index is 1.27. The molecule has 8 heteroatoms. The van der Waals surface area contributed by atoms with E-state index in [4.69, 9.17) is 25.8 Å². The Hall–Kier alpha value is -4.69. The molecule has 1 fully saturated rings. The minimum Gasteiger partial charge on any atom is -0.462 e. The van der Waals surface area contributed by atoms with Gasteiger partial charge >= 0.3 is 11.9 Å². The van der Waals surface area contributed by atoms with Gasteiger partial charge in [-0.05, 0) is 73.7 Å². The zero-order valence-corrected chi connectivity index (χ0v) is 30.5. The maximum absolute atomic E-state index is 14.3. The molecule has 0 bridgehead atoms. The van der Waals surface area contributed by atoms with Crippen LogP contribution >= 0.6 is 11.6 Å². The number of nitrogens with zero attached hydrogens (tertiary/aromatic N) is 1. The van der Waals surface area contributed by atoms with E-state index in [2.05, 4.69) is 34.5 Å². The number of carbonyl (C=O) groups excluding carboxylic acids is 2. The first-order chi connectivity index (χ1) is 25.5. The van der Waals surface area contributed by atoms with E-state index in [0.717, 1.165) is 36.3 Å². The zero-order valence-electron chi connectivity index (χ0n) is 29.8. The number of halogens is 1. The SMILES string of the molecule is CC1=C(C(=O)OCCC(c2ccccc2)c2ccccc2)C(c2cccc(Cl)c2)C(C(=O)OCc2ccccc2)=C(COCCN2CCCCC2)N1. The summed E-state index contributed by atoms with van der Waals surface area (Å²) >= 11 is 6.53. The van der Waals surface area contributed by atoms with Gasteiger partial charge in [0.15, 0.2) is 0 Å². The zero-order chi connectivity index (χ0) is 36.1. The van der Waals surface area contributed by atoms with E-state index in [-0.39, 0.29) is 25.7 Å². The van der Waals surface area contributed by atoms with Crippen molar-refractivity contribution >= 4 is 23.5 Å². The number of ether oxygens (including phenoxy) is 3. The third kappa shape index (κ3) is 9.79. The highest BCUT2D eigenvalue weighted by Crippen LogP contribution is 2.40. The summed E-state index contributed by atoms with van der Waals surface area (Å²) in [5, 5.41) is 3.86. The molecule has 1 atom stereocenters. The summed E-state index contributed by atoms with van der Waals surface area (Å²) in [6.07, 6.45) is 4.25. The molecule has 2 aliphatic rings. The average Bonchev–Trinajstić information content (AvgIpc) is 3.18. The van der Waals surface area contributed by atoms with Crippen LogP contribution in [0.4, 0.5) is 0 Å². The molecule has 7 nitrogen and oxygen atoms in total. The first-order valence-electron chi connectivity index (χ1n) is 18.2. The summed E-state index contributed by atoms with van der Waals surface area (Å²) in [6.45, 7) is 5.72. The van der Waals surface area contributed by atoms with Crippen molar-refractivity contribution in [3.63, 3.8) is 0 Å². The van der Waals surface area contributed by atoms with Crippen LogP contribution in [0.1, 0.15) is 66.7 Å². The lowest BCUT2D eigenvalue weighted by molar-refractivity contribution is -0.141. The third-order valence-electron chi connectivity index (χ3n) is 9.77. The molecule has 4 aromatic carbocycles. The highest BCUT2D eigenvalue weighted by atomic mass is 35.5. The lowest BCUT2D eigenvalue weighted by atomic mass is 9.80. The van der Waals surface area contributed by atoms with E-state index in [1.165, 1.54) is 19.3 Å². The van der Waals surface area contributed by atoms with Crippen LogP contribution < -0.4 is 5.32 Å². The van der Waals surface area contributed by atoms with Crippen molar-refractivity contribution in [2.24, 2.45) is 0 Å². The number of carbonyl (C=O) groups is 2. The van der Waals surface area contributed by atoms with Crippen LogP contribution in [0.15, 0.2) is 138 Å². The van der Waals surface area contributed by atoms with Crippen LogP contribution in [0.5, 0.6) is 0 Å². The van der Waals surface area contributed by atoms with E-state index < -0.39 is 17.9 Å². The summed E-state index contributed by atoms with van der Waals surface area (Å²) in [6, 6.07) is 37.3. The predicted molar refractivity (Wildman–Crippen MR) is 205 cm³/mol. The third-order valence-corrected chi connectivity index (χ3v) is 10.0. The minimum atomic E-state index is -0.796. The van der Waals surface area contributed by atoms with Gasteiger partial charge in [-0.3, -0.25) is 0 Å². The average molecular weight is 719 g/mol. The van der Waals surface area contributed by atoms with E-state index in [1.807, 2.05) is 85.8 Å². The normalized spacial score (nSPS) is 16.5. The molecule has 270 valence electrons. The molecular weight excluding hydrogens is 672 g/mol. The molecule has 0 radical (unpaired) electrons. The number of likely N-dealkylation sites (tertiary alicyclic amines) is 1. The molecule has 2 aliphatic heterocycles. The van der Waals surface area contributed by atoms with Crippen molar-refractivity contribution in [2.75, 3.05) is 39.5 Å². The number of piperidine rings is 1. The quantitative estimate of drug-likeness (QED) is 0.0975. The maximum Gasteiger partial charge on any atom is 0.337 e. The van der Waals surface area contributed by atoms with Crippen LogP contribution in [0.2, 0.25) is 5.02 Å². The molecule has 2 heterocycles.